The van der Waals surface area contributed by atoms with Gasteiger partial charge < -0.3 is 10.4 Å². The minimum atomic E-state index is -1.03. The summed E-state index contributed by atoms with van der Waals surface area (Å²) in [4.78, 5) is 27.3. The molecule has 0 saturated carbocycles. The van der Waals surface area contributed by atoms with Gasteiger partial charge in [-0.1, -0.05) is 19.1 Å². The number of piperidine rings is 1. The average molecular weight is 372 g/mol. The van der Waals surface area contributed by atoms with Crippen LogP contribution in [0.25, 0.3) is 0 Å². The van der Waals surface area contributed by atoms with Crippen LogP contribution in [0.3, 0.4) is 0 Å². The van der Waals surface area contributed by atoms with Crippen molar-refractivity contribution in [1.29, 1.82) is 0 Å². The molecular weight excluding hydrogens is 348 g/mol. The number of carbonyl (C=O) groups excluding carboxylic acids is 1. The summed E-state index contributed by atoms with van der Waals surface area (Å²) >= 11 is 1.71. The van der Waals surface area contributed by atoms with Crippen LogP contribution in [-0.2, 0) is 0 Å². The van der Waals surface area contributed by atoms with Gasteiger partial charge in [-0.3, -0.25) is 9.69 Å². The van der Waals surface area contributed by atoms with Crippen LogP contribution < -0.4 is 5.32 Å². The number of hydrogen-bond acceptors (Lipinski definition) is 4. The number of rotatable bonds is 6. The van der Waals surface area contributed by atoms with Gasteiger partial charge in [-0.25, -0.2) is 4.79 Å². The summed E-state index contributed by atoms with van der Waals surface area (Å²) in [5.41, 5.74) is 0.500. The van der Waals surface area contributed by atoms with Crippen LogP contribution in [0.2, 0.25) is 0 Å². The molecule has 1 saturated heterocycles. The molecule has 1 aromatic carbocycles. The maximum Gasteiger partial charge on any atom is 0.335 e. The third-order valence-corrected chi connectivity index (χ3v) is 5.93. The highest BCUT2D eigenvalue weighted by molar-refractivity contribution is 7.10. The molecule has 138 valence electrons. The molecule has 1 aliphatic rings. The normalized spacial score (nSPS) is 17.0. The second-order valence-electron chi connectivity index (χ2n) is 6.85. The first-order valence-corrected chi connectivity index (χ1v) is 9.81. The van der Waals surface area contributed by atoms with Gasteiger partial charge in [0.05, 0.1) is 11.6 Å². The number of nitrogens with one attached hydrogen (secondary N) is 1. The first kappa shape index (κ1) is 18.6. The smallest absolute Gasteiger partial charge is 0.335 e. The number of carbonyl (C=O) groups is 2. The zero-order valence-corrected chi connectivity index (χ0v) is 15.7. The second kappa shape index (κ2) is 8.47. The molecule has 0 aliphatic carbocycles. The highest BCUT2D eigenvalue weighted by Gasteiger charge is 2.26. The number of likely N-dealkylation sites (tertiary alicyclic amines) is 1. The first-order valence-electron chi connectivity index (χ1n) is 8.93. The quantitative estimate of drug-likeness (QED) is 0.812. The van der Waals surface area contributed by atoms with E-state index < -0.39 is 5.97 Å². The summed E-state index contributed by atoms with van der Waals surface area (Å²) in [6.07, 6.45) is 2.35. The van der Waals surface area contributed by atoms with Gasteiger partial charge in [0.25, 0.3) is 5.91 Å². The molecule has 5 nitrogen and oxygen atoms in total. The molecule has 3 rings (SSSR count). The van der Waals surface area contributed by atoms with Crippen LogP contribution in [0.15, 0.2) is 41.8 Å². The number of thiophene rings is 1. The summed E-state index contributed by atoms with van der Waals surface area (Å²) < 4.78 is 0. The van der Waals surface area contributed by atoms with Crippen molar-refractivity contribution < 1.29 is 14.7 Å². The van der Waals surface area contributed by atoms with E-state index in [4.69, 9.17) is 5.11 Å². The SMILES string of the molecule is CC1CCN([C@@H](CNC(=O)c2cccc(C(=O)O)c2)c2cccs2)CC1. The van der Waals surface area contributed by atoms with E-state index in [-0.39, 0.29) is 17.5 Å². The number of hydrogen-bond donors (Lipinski definition) is 2. The Morgan fingerprint density at radius 3 is 2.62 bits per heavy atom. The van der Waals surface area contributed by atoms with Crippen molar-refractivity contribution in [3.8, 4) is 0 Å². The van der Waals surface area contributed by atoms with Gasteiger partial charge in [0.15, 0.2) is 0 Å². The van der Waals surface area contributed by atoms with E-state index in [0.29, 0.717) is 12.1 Å². The number of nitrogens with zero attached hydrogens (tertiary/aromatic N) is 1. The molecular formula is C20H24N2O3S. The molecule has 2 aromatic rings. The Morgan fingerprint density at radius 1 is 1.23 bits per heavy atom. The molecule has 1 fully saturated rings. The van der Waals surface area contributed by atoms with Gasteiger partial charge in [-0.15, -0.1) is 11.3 Å². The molecule has 1 aliphatic heterocycles. The largest absolute Gasteiger partial charge is 0.478 e. The van der Waals surface area contributed by atoms with Crippen LogP contribution in [0.5, 0.6) is 0 Å². The van der Waals surface area contributed by atoms with E-state index in [2.05, 4.69) is 28.6 Å². The lowest BCUT2D eigenvalue weighted by atomic mass is 9.97. The summed E-state index contributed by atoms with van der Waals surface area (Å²) in [7, 11) is 0. The number of amides is 1. The standard InChI is InChI=1S/C20H24N2O3S/c1-14-7-9-22(10-8-14)17(18-6-3-11-26-18)13-21-19(23)15-4-2-5-16(12-15)20(24)25/h2-6,11-12,14,17H,7-10,13H2,1H3,(H,21,23)(H,24,25)/t17-/m0/s1. The highest BCUT2D eigenvalue weighted by atomic mass is 32.1. The number of carboxylic acids is 1. The van der Waals surface area contributed by atoms with Crippen LogP contribution in [-0.4, -0.2) is 41.5 Å². The molecule has 2 heterocycles. The second-order valence-corrected chi connectivity index (χ2v) is 7.82. The van der Waals surface area contributed by atoms with Gasteiger partial charge in [0.1, 0.15) is 0 Å². The van der Waals surface area contributed by atoms with Gasteiger partial charge in [-0.2, -0.15) is 0 Å². The van der Waals surface area contributed by atoms with E-state index in [0.717, 1.165) is 19.0 Å². The first-order chi connectivity index (χ1) is 12.5. The van der Waals surface area contributed by atoms with Crippen molar-refractivity contribution in [3.63, 3.8) is 0 Å². The van der Waals surface area contributed by atoms with Crippen molar-refractivity contribution in [2.75, 3.05) is 19.6 Å². The Hall–Kier alpha value is -2.18. The molecule has 1 atom stereocenters. The lowest BCUT2D eigenvalue weighted by Crippen LogP contribution is -2.41. The van der Waals surface area contributed by atoms with Crippen molar-refractivity contribution in [1.82, 2.24) is 10.2 Å². The highest BCUT2D eigenvalue weighted by Crippen LogP contribution is 2.29. The summed E-state index contributed by atoms with van der Waals surface area (Å²) in [6.45, 7) is 4.88. The molecule has 0 spiro atoms. The fourth-order valence-electron chi connectivity index (χ4n) is 3.32. The number of benzene rings is 1. The Balaban J connectivity index is 1.68. The van der Waals surface area contributed by atoms with Crippen molar-refractivity contribution in [2.24, 2.45) is 5.92 Å². The van der Waals surface area contributed by atoms with Crippen LogP contribution >= 0.6 is 11.3 Å². The van der Waals surface area contributed by atoms with E-state index in [1.807, 2.05) is 6.07 Å². The van der Waals surface area contributed by atoms with Gasteiger partial charge in [0.2, 0.25) is 0 Å². The van der Waals surface area contributed by atoms with E-state index in [9.17, 15) is 9.59 Å². The zero-order valence-electron chi connectivity index (χ0n) is 14.9. The molecule has 0 radical (unpaired) electrons. The van der Waals surface area contributed by atoms with Gasteiger partial charge >= 0.3 is 5.97 Å². The molecule has 6 heteroatoms. The van der Waals surface area contributed by atoms with E-state index in [1.54, 1.807) is 23.5 Å². The minimum Gasteiger partial charge on any atom is -0.478 e. The predicted octanol–water partition coefficient (Wildman–Crippen LogP) is 3.65. The van der Waals surface area contributed by atoms with E-state index >= 15 is 0 Å². The summed E-state index contributed by atoms with van der Waals surface area (Å²) in [5.74, 6) is -0.512. The van der Waals surface area contributed by atoms with Gasteiger partial charge in [0, 0.05) is 17.0 Å². The number of aromatic carboxylic acids is 1. The van der Waals surface area contributed by atoms with E-state index in [1.165, 1.54) is 29.9 Å². The third-order valence-electron chi connectivity index (χ3n) is 4.96. The molecule has 2 N–H and O–H groups in total. The van der Waals surface area contributed by atoms with Crippen molar-refractivity contribution in [2.45, 2.75) is 25.8 Å². The maximum absolute atomic E-state index is 12.5. The van der Waals surface area contributed by atoms with Gasteiger partial charge in [-0.05, 0) is 61.5 Å². The monoisotopic (exact) mass is 372 g/mol. The molecule has 1 amide bonds. The predicted molar refractivity (Wildman–Crippen MR) is 103 cm³/mol. The average Bonchev–Trinajstić information content (AvgIpc) is 3.17. The van der Waals surface area contributed by atoms with Crippen LogP contribution in [0, 0.1) is 5.92 Å². The summed E-state index contributed by atoms with van der Waals surface area (Å²) in [6, 6.07) is 10.5. The lowest BCUT2D eigenvalue weighted by Gasteiger charge is -2.36. The molecule has 0 unspecified atom stereocenters. The Bertz CT molecular complexity index is 752. The maximum atomic E-state index is 12.5. The topological polar surface area (TPSA) is 69.6 Å². The Morgan fingerprint density at radius 2 is 1.96 bits per heavy atom. The Labute approximate surface area is 157 Å². The molecule has 26 heavy (non-hydrogen) atoms. The van der Waals surface area contributed by atoms with Crippen LogP contribution in [0.1, 0.15) is 51.4 Å². The fraction of sp³-hybridized carbons (Fsp3) is 0.400. The van der Waals surface area contributed by atoms with Crippen molar-refractivity contribution in [3.05, 3.63) is 57.8 Å². The lowest BCUT2D eigenvalue weighted by molar-refractivity contribution is 0.0697. The van der Waals surface area contributed by atoms with Crippen molar-refractivity contribution >= 4 is 23.2 Å². The Kier molecular flexibility index (Phi) is 6.06. The third kappa shape index (κ3) is 4.51. The summed E-state index contributed by atoms with van der Waals surface area (Å²) in [5, 5.41) is 14.1. The molecule has 0 bridgehead atoms. The minimum absolute atomic E-state index is 0.123. The zero-order chi connectivity index (χ0) is 18.5. The number of carboxylic acid groups (broad SMARTS) is 1. The fourth-order valence-corrected chi connectivity index (χ4v) is 4.18. The molecule has 1 aromatic heterocycles. The van der Waals surface area contributed by atoms with Crippen LogP contribution in [0.4, 0.5) is 0 Å².